The van der Waals surface area contributed by atoms with Crippen LogP contribution in [0, 0.1) is 0 Å². The molecule has 2 rings (SSSR count). The van der Waals surface area contributed by atoms with Crippen molar-refractivity contribution in [2.75, 3.05) is 5.75 Å². The molecular formula is C12H20N2OS. The van der Waals surface area contributed by atoms with Crippen molar-refractivity contribution in [3.63, 3.8) is 0 Å². The Kier molecular flexibility index (Phi) is 4.29. The van der Waals surface area contributed by atoms with Crippen LogP contribution in [0.4, 0.5) is 0 Å². The predicted octanol–water partition coefficient (Wildman–Crippen LogP) is 2.61. The standard InChI is InChI=1S/C12H20N2OS/c1-2-14-8-10(7-13-14)12(15)9-16-11-5-3-4-6-11/h7-8,11-12,15H,2-6,9H2,1H3. The van der Waals surface area contributed by atoms with Crippen LogP contribution in [0.5, 0.6) is 0 Å². The lowest BCUT2D eigenvalue weighted by Gasteiger charge is -2.12. The molecule has 1 heterocycles. The highest BCUT2D eigenvalue weighted by atomic mass is 32.2. The normalized spacial score (nSPS) is 19.1. The molecule has 0 bridgehead atoms. The van der Waals surface area contributed by atoms with Crippen LogP contribution in [0.25, 0.3) is 0 Å². The van der Waals surface area contributed by atoms with E-state index < -0.39 is 0 Å². The fraction of sp³-hybridized carbons (Fsp3) is 0.750. The van der Waals surface area contributed by atoms with Crippen molar-refractivity contribution >= 4 is 11.8 Å². The largest absolute Gasteiger partial charge is 0.387 e. The van der Waals surface area contributed by atoms with E-state index in [-0.39, 0.29) is 6.10 Å². The Morgan fingerprint density at radius 1 is 1.56 bits per heavy atom. The monoisotopic (exact) mass is 240 g/mol. The number of aliphatic hydroxyl groups excluding tert-OH is 1. The number of nitrogens with zero attached hydrogens (tertiary/aromatic N) is 2. The summed E-state index contributed by atoms with van der Waals surface area (Å²) < 4.78 is 1.86. The van der Waals surface area contributed by atoms with E-state index in [4.69, 9.17) is 0 Å². The molecule has 0 aromatic carbocycles. The number of aliphatic hydroxyl groups is 1. The maximum atomic E-state index is 10.0. The summed E-state index contributed by atoms with van der Waals surface area (Å²) >= 11 is 1.92. The lowest BCUT2D eigenvalue weighted by molar-refractivity contribution is 0.204. The number of hydrogen-bond acceptors (Lipinski definition) is 3. The number of hydrogen-bond donors (Lipinski definition) is 1. The summed E-state index contributed by atoms with van der Waals surface area (Å²) in [5.41, 5.74) is 0.951. The first-order chi connectivity index (χ1) is 7.79. The number of aromatic nitrogens is 2. The van der Waals surface area contributed by atoms with Crippen molar-refractivity contribution in [3.8, 4) is 0 Å². The highest BCUT2D eigenvalue weighted by Gasteiger charge is 2.18. The molecule has 1 saturated carbocycles. The van der Waals surface area contributed by atoms with Crippen molar-refractivity contribution in [3.05, 3.63) is 18.0 Å². The molecule has 0 radical (unpaired) electrons. The fourth-order valence-corrected chi connectivity index (χ4v) is 3.42. The van der Waals surface area contributed by atoms with E-state index >= 15 is 0 Å². The Morgan fingerprint density at radius 2 is 2.31 bits per heavy atom. The Bertz CT molecular complexity index is 321. The van der Waals surface area contributed by atoms with Crippen molar-refractivity contribution in [2.24, 2.45) is 0 Å². The van der Waals surface area contributed by atoms with Crippen LogP contribution in [0.3, 0.4) is 0 Å². The van der Waals surface area contributed by atoms with Gasteiger partial charge in [-0.3, -0.25) is 4.68 Å². The molecule has 1 fully saturated rings. The quantitative estimate of drug-likeness (QED) is 0.859. The SMILES string of the molecule is CCn1cc(C(O)CSC2CCCC2)cn1. The van der Waals surface area contributed by atoms with Gasteiger partial charge in [-0.1, -0.05) is 12.8 Å². The van der Waals surface area contributed by atoms with E-state index in [0.29, 0.717) is 0 Å². The average Bonchev–Trinajstić information content (AvgIpc) is 2.96. The van der Waals surface area contributed by atoms with Crippen molar-refractivity contribution < 1.29 is 5.11 Å². The van der Waals surface area contributed by atoms with Gasteiger partial charge >= 0.3 is 0 Å². The third-order valence-electron chi connectivity index (χ3n) is 3.15. The van der Waals surface area contributed by atoms with Crippen LogP contribution in [-0.4, -0.2) is 25.9 Å². The van der Waals surface area contributed by atoms with Gasteiger partial charge in [-0.2, -0.15) is 16.9 Å². The number of thioether (sulfide) groups is 1. The zero-order chi connectivity index (χ0) is 11.4. The van der Waals surface area contributed by atoms with Gasteiger partial charge in [0.2, 0.25) is 0 Å². The second-order valence-electron chi connectivity index (χ2n) is 4.38. The van der Waals surface area contributed by atoms with Gasteiger partial charge in [0, 0.05) is 29.3 Å². The van der Waals surface area contributed by atoms with E-state index in [9.17, 15) is 5.11 Å². The molecule has 90 valence electrons. The molecule has 1 aromatic rings. The van der Waals surface area contributed by atoms with Crippen LogP contribution in [0.1, 0.15) is 44.3 Å². The summed E-state index contributed by atoms with van der Waals surface area (Å²) in [6.45, 7) is 2.92. The second kappa shape index (κ2) is 5.73. The topological polar surface area (TPSA) is 38.0 Å². The lowest BCUT2D eigenvalue weighted by Crippen LogP contribution is -2.04. The van der Waals surface area contributed by atoms with Crippen molar-refractivity contribution in [1.29, 1.82) is 0 Å². The summed E-state index contributed by atoms with van der Waals surface area (Å²) in [7, 11) is 0. The van der Waals surface area contributed by atoms with Crippen LogP contribution < -0.4 is 0 Å². The Morgan fingerprint density at radius 3 is 2.94 bits per heavy atom. The predicted molar refractivity (Wildman–Crippen MR) is 67.6 cm³/mol. The molecule has 0 spiro atoms. The van der Waals surface area contributed by atoms with E-state index in [1.54, 1.807) is 6.20 Å². The van der Waals surface area contributed by atoms with E-state index in [0.717, 1.165) is 23.1 Å². The fourth-order valence-electron chi connectivity index (χ4n) is 2.10. The first-order valence-electron chi connectivity index (χ1n) is 6.11. The third kappa shape index (κ3) is 3.01. The Hall–Kier alpha value is -0.480. The molecule has 1 aromatic heterocycles. The highest BCUT2D eigenvalue weighted by molar-refractivity contribution is 7.99. The van der Waals surface area contributed by atoms with Gasteiger partial charge in [0.25, 0.3) is 0 Å². The Balaban J connectivity index is 1.80. The molecule has 1 N–H and O–H groups in total. The number of aryl methyl sites for hydroxylation is 1. The first kappa shape index (κ1) is 12.0. The van der Waals surface area contributed by atoms with Gasteiger partial charge < -0.3 is 5.11 Å². The van der Waals surface area contributed by atoms with Gasteiger partial charge in [-0.25, -0.2) is 0 Å². The third-order valence-corrected chi connectivity index (χ3v) is 4.60. The summed E-state index contributed by atoms with van der Waals surface area (Å²) in [5.74, 6) is 0.806. The molecule has 1 unspecified atom stereocenters. The average molecular weight is 240 g/mol. The second-order valence-corrected chi connectivity index (χ2v) is 5.72. The maximum absolute atomic E-state index is 10.0. The molecule has 1 aliphatic carbocycles. The van der Waals surface area contributed by atoms with Gasteiger partial charge in [0.1, 0.15) is 0 Å². The molecule has 0 aliphatic heterocycles. The zero-order valence-corrected chi connectivity index (χ0v) is 10.6. The molecule has 1 atom stereocenters. The van der Waals surface area contributed by atoms with Gasteiger partial charge in [-0.15, -0.1) is 0 Å². The van der Waals surface area contributed by atoms with Crippen LogP contribution in [-0.2, 0) is 6.54 Å². The molecular weight excluding hydrogens is 220 g/mol. The molecule has 4 heteroatoms. The molecule has 3 nitrogen and oxygen atoms in total. The minimum atomic E-state index is -0.356. The summed E-state index contributed by atoms with van der Waals surface area (Å²) in [4.78, 5) is 0. The summed E-state index contributed by atoms with van der Waals surface area (Å²) in [6.07, 6.45) is 8.75. The van der Waals surface area contributed by atoms with E-state index in [1.807, 2.05) is 22.6 Å². The van der Waals surface area contributed by atoms with Gasteiger partial charge in [-0.05, 0) is 19.8 Å². The lowest BCUT2D eigenvalue weighted by atomic mass is 10.2. The summed E-state index contributed by atoms with van der Waals surface area (Å²) in [6, 6.07) is 0. The molecule has 0 amide bonds. The van der Waals surface area contributed by atoms with Crippen molar-refractivity contribution in [1.82, 2.24) is 9.78 Å². The van der Waals surface area contributed by atoms with Crippen LogP contribution in [0.15, 0.2) is 12.4 Å². The maximum Gasteiger partial charge on any atom is 0.0910 e. The Labute approximate surface area is 101 Å². The molecule has 0 saturated heterocycles. The van der Waals surface area contributed by atoms with Gasteiger partial charge in [0.15, 0.2) is 0 Å². The summed E-state index contributed by atoms with van der Waals surface area (Å²) in [5, 5.41) is 15.0. The van der Waals surface area contributed by atoms with Crippen LogP contribution >= 0.6 is 11.8 Å². The smallest absolute Gasteiger partial charge is 0.0910 e. The molecule has 1 aliphatic rings. The zero-order valence-electron chi connectivity index (χ0n) is 9.80. The molecule has 16 heavy (non-hydrogen) atoms. The van der Waals surface area contributed by atoms with E-state index in [1.165, 1.54) is 25.7 Å². The van der Waals surface area contributed by atoms with Crippen LogP contribution in [0.2, 0.25) is 0 Å². The van der Waals surface area contributed by atoms with Crippen molar-refractivity contribution in [2.45, 2.75) is 50.5 Å². The van der Waals surface area contributed by atoms with E-state index in [2.05, 4.69) is 12.0 Å². The number of rotatable bonds is 5. The highest BCUT2D eigenvalue weighted by Crippen LogP contribution is 2.31. The van der Waals surface area contributed by atoms with Gasteiger partial charge in [0.05, 0.1) is 12.3 Å². The first-order valence-corrected chi connectivity index (χ1v) is 7.16. The minimum absolute atomic E-state index is 0.356. The minimum Gasteiger partial charge on any atom is -0.387 e.